The van der Waals surface area contributed by atoms with Gasteiger partial charge in [-0.3, -0.25) is 4.79 Å². The lowest BCUT2D eigenvalue weighted by atomic mass is 10.2. The van der Waals surface area contributed by atoms with Gasteiger partial charge < -0.3 is 4.74 Å². The lowest BCUT2D eigenvalue weighted by Crippen LogP contribution is -2.15. The van der Waals surface area contributed by atoms with Crippen molar-refractivity contribution in [2.75, 3.05) is 6.61 Å². The molecule has 0 aliphatic heterocycles. The van der Waals surface area contributed by atoms with Crippen LogP contribution in [0.2, 0.25) is 5.02 Å². The highest BCUT2D eigenvalue weighted by molar-refractivity contribution is 9.11. The van der Waals surface area contributed by atoms with Crippen LogP contribution in [0.1, 0.15) is 20.0 Å². The number of carbonyl (C=O) groups excluding carboxylic acids is 2. The van der Waals surface area contributed by atoms with Crippen LogP contribution in [0.3, 0.4) is 0 Å². The summed E-state index contributed by atoms with van der Waals surface area (Å²) in [7, 11) is 0. The molecule has 0 fully saturated rings. The summed E-state index contributed by atoms with van der Waals surface area (Å²) < 4.78 is 19.1. The Morgan fingerprint density at radius 1 is 1.30 bits per heavy atom. The predicted octanol–water partition coefficient (Wildman–Crippen LogP) is 4.34. The summed E-state index contributed by atoms with van der Waals surface area (Å²) in [6, 6.07) is 7.18. The Morgan fingerprint density at radius 3 is 2.65 bits per heavy atom. The second-order valence-electron chi connectivity index (χ2n) is 3.70. The molecule has 0 saturated carbocycles. The van der Waals surface area contributed by atoms with Gasteiger partial charge in [0.2, 0.25) is 5.78 Å². The van der Waals surface area contributed by atoms with Gasteiger partial charge in [-0.25, -0.2) is 9.18 Å². The van der Waals surface area contributed by atoms with E-state index in [0.29, 0.717) is 4.88 Å². The number of benzene rings is 1. The van der Waals surface area contributed by atoms with E-state index in [-0.39, 0.29) is 16.4 Å². The van der Waals surface area contributed by atoms with E-state index in [1.54, 1.807) is 12.1 Å². The van der Waals surface area contributed by atoms with Crippen molar-refractivity contribution >= 4 is 50.6 Å². The monoisotopic (exact) mass is 376 g/mol. The minimum atomic E-state index is -0.961. The standard InChI is InChI=1S/C13H7BrClFO3S/c14-11-5-4-10(20-11)9(17)6-19-13(18)12-7(15)2-1-3-8(12)16/h1-5H,6H2. The highest BCUT2D eigenvalue weighted by atomic mass is 79.9. The van der Waals surface area contributed by atoms with E-state index < -0.39 is 18.4 Å². The molecule has 0 aliphatic carbocycles. The third-order valence-corrected chi connectivity index (χ3v) is 4.33. The molecule has 2 aromatic rings. The van der Waals surface area contributed by atoms with Crippen LogP contribution >= 0.6 is 38.9 Å². The molecule has 7 heteroatoms. The smallest absolute Gasteiger partial charge is 0.343 e. The van der Waals surface area contributed by atoms with Crippen molar-refractivity contribution in [2.24, 2.45) is 0 Å². The minimum absolute atomic E-state index is 0.0543. The van der Waals surface area contributed by atoms with Gasteiger partial charge in [-0.15, -0.1) is 11.3 Å². The second kappa shape index (κ2) is 6.47. The topological polar surface area (TPSA) is 43.4 Å². The van der Waals surface area contributed by atoms with Gasteiger partial charge in [-0.2, -0.15) is 0 Å². The van der Waals surface area contributed by atoms with Gasteiger partial charge in [0.1, 0.15) is 11.4 Å². The number of ether oxygens (including phenoxy) is 1. The molecule has 3 nitrogen and oxygen atoms in total. The molecular weight excluding hydrogens is 371 g/mol. The van der Waals surface area contributed by atoms with Crippen LogP contribution in [0.25, 0.3) is 0 Å². The predicted molar refractivity (Wildman–Crippen MR) is 78.0 cm³/mol. The number of thiophene rings is 1. The first kappa shape index (κ1) is 15.2. The van der Waals surface area contributed by atoms with Crippen molar-refractivity contribution in [2.45, 2.75) is 0 Å². The Hall–Kier alpha value is -1.24. The molecule has 0 spiro atoms. The molecule has 0 aliphatic rings. The molecule has 1 heterocycles. The molecule has 0 amide bonds. The van der Waals surface area contributed by atoms with Crippen molar-refractivity contribution < 1.29 is 18.7 Å². The maximum Gasteiger partial charge on any atom is 0.343 e. The third-order valence-electron chi connectivity index (χ3n) is 2.35. The highest BCUT2D eigenvalue weighted by Gasteiger charge is 2.19. The second-order valence-corrected chi connectivity index (χ2v) is 6.57. The maximum atomic E-state index is 13.5. The van der Waals surface area contributed by atoms with Gasteiger partial charge in [0, 0.05) is 0 Å². The van der Waals surface area contributed by atoms with E-state index >= 15 is 0 Å². The number of ketones is 1. The van der Waals surface area contributed by atoms with Crippen LogP contribution in [0.5, 0.6) is 0 Å². The fraction of sp³-hybridized carbons (Fsp3) is 0.0769. The number of halogens is 3. The zero-order chi connectivity index (χ0) is 14.7. The van der Waals surface area contributed by atoms with Gasteiger partial charge in [0.25, 0.3) is 0 Å². The Labute approximate surface area is 131 Å². The number of esters is 1. The summed E-state index contributed by atoms with van der Waals surface area (Å²) in [5, 5.41) is -0.0543. The molecule has 20 heavy (non-hydrogen) atoms. The number of rotatable bonds is 4. The Balaban J connectivity index is 2.04. The van der Waals surface area contributed by atoms with E-state index in [2.05, 4.69) is 15.9 Å². The summed E-state index contributed by atoms with van der Waals surface area (Å²) in [4.78, 5) is 23.9. The van der Waals surface area contributed by atoms with Gasteiger partial charge in [0.15, 0.2) is 6.61 Å². The van der Waals surface area contributed by atoms with Crippen LogP contribution < -0.4 is 0 Å². The van der Waals surface area contributed by atoms with Crippen LogP contribution in [-0.2, 0) is 4.74 Å². The van der Waals surface area contributed by atoms with Crippen molar-refractivity contribution in [3.05, 3.63) is 55.4 Å². The zero-order valence-corrected chi connectivity index (χ0v) is 13.0. The van der Waals surface area contributed by atoms with E-state index in [1.165, 1.54) is 23.5 Å². The largest absolute Gasteiger partial charge is 0.454 e. The summed E-state index contributed by atoms with van der Waals surface area (Å²) in [6.45, 7) is -0.462. The molecule has 2 rings (SSSR count). The average molecular weight is 378 g/mol. The summed E-state index contributed by atoms with van der Waals surface area (Å²) >= 11 is 10.2. The SMILES string of the molecule is O=C(COC(=O)c1c(F)cccc1Cl)c1ccc(Br)s1. The zero-order valence-electron chi connectivity index (χ0n) is 9.86. The molecule has 0 saturated heterocycles. The molecule has 0 unspecified atom stereocenters. The molecule has 1 aromatic carbocycles. The van der Waals surface area contributed by atoms with Gasteiger partial charge >= 0.3 is 5.97 Å². The normalized spacial score (nSPS) is 10.3. The first-order valence-electron chi connectivity index (χ1n) is 5.38. The Morgan fingerprint density at radius 2 is 2.05 bits per heavy atom. The summed E-state index contributed by atoms with van der Waals surface area (Å²) in [5.74, 6) is -2.10. The molecule has 0 atom stereocenters. The molecule has 0 radical (unpaired) electrons. The fourth-order valence-electron chi connectivity index (χ4n) is 1.43. The van der Waals surface area contributed by atoms with Gasteiger partial charge in [-0.05, 0) is 40.2 Å². The fourth-order valence-corrected chi connectivity index (χ4v) is 2.98. The molecule has 0 bridgehead atoms. The van der Waals surface area contributed by atoms with E-state index in [0.717, 1.165) is 9.85 Å². The number of Topliss-reactive ketones (excluding diaryl/α,β-unsaturated/α-hetero) is 1. The van der Waals surface area contributed by atoms with Gasteiger partial charge in [-0.1, -0.05) is 17.7 Å². The first-order valence-corrected chi connectivity index (χ1v) is 7.37. The number of hydrogen-bond acceptors (Lipinski definition) is 4. The molecule has 0 N–H and O–H groups in total. The molecule has 1 aromatic heterocycles. The lowest BCUT2D eigenvalue weighted by Gasteiger charge is -2.05. The average Bonchev–Trinajstić information content (AvgIpc) is 2.82. The Bertz CT molecular complexity index is 651. The minimum Gasteiger partial charge on any atom is -0.454 e. The maximum absolute atomic E-state index is 13.5. The van der Waals surface area contributed by atoms with E-state index in [9.17, 15) is 14.0 Å². The number of carbonyl (C=O) groups is 2. The quantitative estimate of drug-likeness (QED) is 0.588. The molecule has 104 valence electrons. The molecular formula is C13H7BrClFO3S. The van der Waals surface area contributed by atoms with Crippen molar-refractivity contribution in [1.82, 2.24) is 0 Å². The van der Waals surface area contributed by atoms with Crippen LogP contribution in [0, 0.1) is 5.82 Å². The van der Waals surface area contributed by atoms with E-state index in [4.69, 9.17) is 16.3 Å². The van der Waals surface area contributed by atoms with Crippen LogP contribution in [-0.4, -0.2) is 18.4 Å². The third kappa shape index (κ3) is 3.45. The van der Waals surface area contributed by atoms with Crippen molar-refractivity contribution in [3.8, 4) is 0 Å². The van der Waals surface area contributed by atoms with Gasteiger partial charge in [0.05, 0.1) is 13.7 Å². The highest BCUT2D eigenvalue weighted by Crippen LogP contribution is 2.23. The summed E-state index contributed by atoms with van der Waals surface area (Å²) in [5.41, 5.74) is -0.366. The number of hydrogen-bond donors (Lipinski definition) is 0. The first-order chi connectivity index (χ1) is 9.49. The lowest BCUT2D eigenvalue weighted by molar-refractivity contribution is 0.0471. The van der Waals surface area contributed by atoms with Crippen LogP contribution in [0.15, 0.2) is 34.1 Å². The summed E-state index contributed by atoms with van der Waals surface area (Å²) in [6.07, 6.45) is 0. The van der Waals surface area contributed by atoms with Crippen molar-refractivity contribution in [3.63, 3.8) is 0 Å². The van der Waals surface area contributed by atoms with Crippen molar-refractivity contribution in [1.29, 1.82) is 0 Å². The van der Waals surface area contributed by atoms with E-state index in [1.807, 2.05) is 0 Å². The van der Waals surface area contributed by atoms with Crippen LogP contribution in [0.4, 0.5) is 4.39 Å². The Kier molecular flexibility index (Phi) is 4.91.